The lowest BCUT2D eigenvalue weighted by molar-refractivity contribution is -0.137. The van der Waals surface area contributed by atoms with Crippen molar-refractivity contribution in [3.63, 3.8) is 0 Å². The van der Waals surface area contributed by atoms with E-state index in [-0.39, 0.29) is 12.1 Å². The SMILES string of the molecule is CC1CCCC(C)N1NC(=O)N(CC(N)=O)CC(=O)O. The molecule has 8 heteroatoms. The molecule has 0 saturated carbocycles. The predicted octanol–water partition coefficient (Wildman–Crippen LogP) is -0.254. The largest absolute Gasteiger partial charge is 0.480 e. The molecule has 1 saturated heterocycles. The number of amides is 3. The van der Waals surface area contributed by atoms with Crippen LogP contribution in [0.15, 0.2) is 0 Å². The van der Waals surface area contributed by atoms with Gasteiger partial charge in [0.15, 0.2) is 0 Å². The molecule has 3 amide bonds. The van der Waals surface area contributed by atoms with E-state index in [2.05, 4.69) is 5.43 Å². The van der Waals surface area contributed by atoms with Gasteiger partial charge in [-0.1, -0.05) is 6.42 Å². The van der Waals surface area contributed by atoms with Crippen molar-refractivity contribution in [3.05, 3.63) is 0 Å². The zero-order valence-corrected chi connectivity index (χ0v) is 11.8. The fourth-order valence-corrected chi connectivity index (χ4v) is 2.37. The van der Waals surface area contributed by atoms with Crippen LogP contribution in [0.3, 0.4) is 0 Å². The molecule has 1 fully saturated rings. The molecule has 1 aliphatic rings. The van der Waals surface area contributed by atoms with Gasteiger partial charge in [-0.3, -0.25) is 15.0 Å². The van der Waals surface area contributed by atoms with Crippen molar-refractivity contribution >= 4 is 17.9 Å². The summed E-state index contributed by atoms with van der Waals surface area (Å²) in [4.78, 5) is 34.6. The van der Waals surface area contributed by atoms with Crippen LogP contribution in [0.4, 0.5) is 4.79 Å². The van der Waals surface area contributed by atoms with Crippen molar-refractivity contribution < 1.29 is 19.5 Å². The number of primary amides is 1. The molecule has 0 aromatic carbocycles. The van der Waals surface area contributed by atoms with Gasteiger partial charge in [-0.15, -0.1) is 0 Å². The quantitative estimate of drug-likeness (QED) is 0.644. The monoisotopic (exact) mass is 286 g/mol. The number of carbonyl (C=O) groups is 3. The average Bonchev–Trinajstić information content (AvgIpc) is 2.31. The zero-order valence-electron chi connectivity index (χ0n) is 11.8. The van der Waals surface area contributed by atoms with Crippen LogP contribution >= 0.6 is 0 Å². The molecule has 1 heterocycles. The molecule has 114 valence electrons. The van der Waals surface area contributed by atoms with E-state index >= 15 is 0 Å². The number of rotatable bonds is 5. The van der Waals surface area contributed by atoms with E-state index in [4.69, 9.17) is 10.8 Å². The molecule has 20 heavy (non-hydrogen) atoms. The van der Waals surface area contributed by atoms with Crippen molar-refractivity contribution in [2.45, 2.75) is 45.2 Å². The minimum absolute atomic E-state index is 0.169. The third-order valence-electron chi connectivity index (χ3n) is 3.38. The highest BCUT2D eigenvalue weighted by Gasteiger charge is 2.28. The molecule has 0 bridgehead atoms. The average molecular weight is 286 g/mol. The Hall–Kier alpha value is -1.83. The van der Waals surface area contributed by atoms with Crippen LogP contribution in [0.2, 0.25) is 0 Å². The number of urea groups is 1. The van der Waals surface area contributed by atoms with Gasteiger partial charge in [-0.05, 0) is 26.7 Å². The summed E-state index contributed by atoms with van der Waals surface area (Å²) in [5.74, 6) is -1.94. The van der Waals surface area contributed by atoms with Gasteiger partial charge in [0.2, 0.25) is 5.91 Å². The molecule has 4 N–H and O–H groups in total. The second-order valence-electron chi connectivity index (χ2n) is 5.17. The Kier molecular flexibility index (Phi) is 5.75. The lowest BCUT2D eigenvalue weighted by Gasteiger charge is -2.39. The maximum absolute atomic E-state index is 12.1. The van der Waals surface area contributed by atoms with Crippen molar-refractivity contribution in [3.8, 4) is 0 Å². The summed E-state index contributed by atoms with van der Waals surface area (Å²) in [6.45, 7) is 3.00. The fraction of sp³-hybridized carbons (Fsp3) is 0.750. The lowest BCUT2D eigenvalue weighted by Crippen LogP contribution is -2.58. The number of nitrogens with zero attached hydrogens (tertiary/aromatic N) is 2. The van der Waals surface area contributed by atoms with Crippen molar-refractivity contribution in [2.75, 3.05) is 13.1 Å². The van der Waals surface area contributed by atoms with E-state index in [1.807, 2.05) is 18.9 Å². The number of nitrogens with one attached hydrogen (secondary N) is 1. The summed E-state index contributed by atoms with van der Waals surface area (Å²) in [6.07, 6.45) is 3.01. The summed E-state index contributed by atoms with van der Waals surface area (Å²) >= 11 is 0. The number of aliphatic carboxylic acids is 1. The number of carboxylic acid groups (broad SMARTS) is 1. The van der Waals surface area contributed by atoms with Crippen molar-refractivity contribution in [2.24, 2.45) is 5.73 Å². The third kappa shape index (κ3) is 4.69. The number of nitrogens with two attached hydrogens (primary N) is 1. The molecule has 8 nitrogen and oxygen atoms in total. The molecule has 1 rings (SSSR count). The summed E-state index contributed by atoms with van der Waals surface area (Å²) in [7, 11) is 0. The molecule has 0 aliphatic carbocycles. The second kappa shape index (κ2) is 7.09. The highest BCUT2D eigenvalue weighted by Crippen LogP contribution is 2.20. The molecule has 0 aromatic heterocycles. The highest BCUT2D eigenvalue weighted by atomic mass is 16.4. The van der Waals surface area contributed by atoms with Crippen LogP contribution < -0.4 is 11.2 Å². The van der Waals surface area contributed by atoms with Gasteiger partial charge < -0.3 is 15.7 Å². The summed E-state index contributed by atoms with van der Waals surface area (Å²) in [6, 6.07) is -0.280. The third-order valence-corrected chi connectivity index (χ3v) is 3.38. The van der Waals surface area contributed by atoms with E-state index in [9.17, 15) is 14.4 Å². The first-order valence-corrected chi connectivity index (χ1v) is 6.65. The molecule has 1 aliphatic heterocycles. The van der Waals surface area contributed by atoms with Crippen LogP contribution in [-0.2, 0) is 9.59 Å². The maximum atomic E-state index is 12.1. The molecule has 2 atom stereocenters. The standard InChI is InChI=1S/C12H22N4O4/c1-8-4-3-5-9(2)16(8)14-12(20)15(6-10(13)17)7-11(18)19/h8-9H,3-7H2,1-2H3,(H2,13,17)(H,14,20)(H,18,19). The fourth-order valence-electron chi connectivity index (χ4n) is 2.37. The van der Waals surface area contributed by atoms with Crippen molar-refractivity contribution in [1.82, 2.24) is 15.3 Å². The Bertz CT molecular complexity index is 362. The summed E-state index contributed by atoms with van der Waals surface area (Å²) in [5.41, 5.74) is 7.71. The number of hydrogen-bond donors (Lipinski definition) is 3. The van der Waals surface area contributed by atoms with Gasteiger partial charge in [0, 0.05) is 12.1 Å². The maximum Gasteiger partial charge on any atom is 0.332 e. The lowest BCUT2D eigenvalue weighted by atomic mass is 10.00. The van der Waals surface area contributed by atoms with E-state index in [0.717, 1.165) is 24.2 Å². The molecule has 0 radical (unpaired) electrons. The van der Waals surface area contributed by atoms with E-state index in [0.29, 0.717) is 0 Å². The first-order chi connectivity index (χ1) is 9.31. The smallest absolute Gasteiger partial charge is 0.332 e. The molecule has 2 unspecified atom stereocenters. The first-order valence-electron chi connectivity index (χ1n) is 6.65. The van der Waals surface area contributed by atoms with Crippen LogP contribution in [0.25, 0.3) is 0 Å². The minimum atomic E-state index is -1.19. The molecule has 0 spiro atoms. The van der Waals surface area contributed by atoms with Gasteiger partial charge in [-0.25, -0.2) is 9.80 Å². The Labute approximate surface area is 117 Å². The van der Waals surface area contributed by atoms with Crippen LogP contribution in [0, 0.1) is 0 Å². The zero-order chi connectivity index (χ0) is 15.3. The number of hydrazine groups is 1. The molecular formula is C12H22N4O4. The summed E-state index contributed by atoms with van der Waals surface area (Å²) < 4.78 is 0. The van der Waals surface area contributed by atoms with Gasteiger partial charge in [0.05, 0.1) is 0 Å². The van der Waals surface area contributed by atoms with E-state index < -0.39 is 31.0 Å². The Morgan fingerprint density at radius 2 is 1.80 bits per heavy atom. The Morgan fingerprint density at radius 3 is 2.25 bits per heavy atom. The van der Waals surface area contributed by atoms with Crippen LogP contribution in [0.1, 0.15) is 33.1 Å². The number of carbonyl (C=O) groups excluding carboxylic acids is 2. The van der Waals surface area contributed by atoms with E-state index in [1.165, 1.54) is 0 Å². The van der Waals surface area contributed by atoms with Crippen molar-refractivity contribution in [1.29, 1.82) is 0 Å². The van der Waals surface area contributed by atoms with Gasteiger partial charge in [0.1, 0.15) is 13.1 Å². The van der Waals surface area contributed by atoms with Gasteiger partial charge in [0.25, 0.3) is 0 Å². The topological polar surface area (TPSA) is 116 Å². The normalized spacial score (nSPS) is 23.1. The minimum Gasteiger partial charge on any atom is -0.480 e. The van der Waals surface area contributed by atoms with E-state index in [1.54, 1.807) is 0 Å². The predicted molar refractivity (Wildman–Crippen MR) is 71.5 cm³/mol. The molecule has 0 aromatic rings. The van der Waals surface area contributed by atoms with Crippen LogP contribution in [-0.4, -0.2) is 58.1 Å². The number of carboxylic acids is 1. The Morgan fingerprint density at radius 1 is 1.25 bits per heavy atom. The Balaban J connectivity index is 2.68. The first kappa shape index (κ1) is 16.2. The van der Waals surface area contributed by atoms with Gasteiger partial charge in [-0.2, -0.15) is 0 Å². The second-order valence-corrected chi connectivity index (χ2v) is 5.17. The number of hydrogen-bond acceptors (Lipinski definition) is 4. The highest BCUT2D eigenvalue weighted by molar-refractivity contribution is 5.85. The number of piperidine rings is 1. The molecular weight excluding hydrogens is 264 g/mol. The van der Waals surface area contributed by atoms with Gasteiger partial charge >= 0.3 is 12.0 Å². The van der Waals surface area contributed by atoms with Crippen LogP contribution in [0.5, 0.6) is 0 Å². The summed E-state index contributed by atoms with van der Waals surface area (Å²) in [5, 5.41) is 10.6.